The van der Waals surface area contributed by atoms with Crippen molar-refractivity contribution < 1.29 is 9.90 Å². The van der Waals surface area contributed by atoms with Gasteiger partial charge < -0.3 is 5.11 Å². The largest absolute Gasteiger partial charge is 0.480 e. The minimum Gasteiger partial charge on any atom is -0.480 e. The van der Waals surface area contributed by atoms with E-state index >= 15 is 0 Å². The van der Waals surface area contributed by atoms with E-state index in [1.165, 1.54) is 0 Å². The molecule has 88 valence electrons. The molecular weight excluding hydrogens is 293 g/mol. The highest BCUT2D eigenvalue weighted by Crippen LogP contribution is 2.26. The molecule has 0 fully saturated rings. The summed E-state index contributed by atoms with van der Waals surface area (Å²) in [7, 11) is 0. The summed E-state index contributed by atoms with van der Waals surface area (Å²) in [6.07, 6.45) is 0. The van der Waals surface area contributed by atoms with E-state index in [9.17, 15) is 4.79 Å². The Bertz CT molecular complexity index is 396. The second kappa shape index (κ2) is 5.66. The van der Waals surface area contributed by atoms with Gasteiger partial charge in [0.05, 0.1) is 5.02 Å². The summed E-state index contributed by atoms with van der Waals surface area (Å²) in [6, 6.07) is 4.49. The summed E-state index contributed by atoms with van der Waals surface area (Å²) in [5, 5.41) is 12.7. The van der Waals surface area contributed by atoms with Crippen LogP contribution in [0.1, 0.15) is 25.5 Å². The van der Waals surface area contributed by atoms with Crippen LogP contribution in [0.4, 0.5) is 0 Å². The Balaban J connectivity index is 3.01. The number of carboxylic acid groups (broad SMARTS) is 1. The molecule has 16 heavy (non-hydrogen) atoms. The van der Waals surface area contributed by atoms with Crippen LogP contribution in [0, 0.1) is 0 Å². The molecule has 1 unspecified atom stereocenters. The number of rotatable bonds is 4. The van der Waals surface area contributed by atoms with Crippen molar-refractivity contribution in [3.05, 3.63) is 33.3 Å². The Hall–Kier alpha value is -0.580. The number of carboxylic acids is 1. The molecule has 0 aromatic heterocycles. The maximum atomic E-state index is 11.1. The van der Waals surface area contributed by atoms with Gasteiger partial charge in [0.25, 0.3) is 0 Å². The molecule has 0 aliphatic rings. The van der Waals surface area contributed by atoms with Crippen LogP contribution in [0.3, 0.4) is 0 Å². The number of hydrogen-bond donors (Lipinski definition) is 2. The molecule has 0 aliphatic heterocycles. The summed E-state index contributed by atoms with van der Waals surface area (Å²) in [6.45, 7) is 3.81. The summed E-state index contributed by atoms with van der Waals surface area (Å²) < 4.78 is 0.698. The number of carbonyl (C=O) groups is 1. The van der Waals surface area contributed by atoms with E-state index < -0.39 is 12.0 Å². The molecule has 1 atom stereocenters. The Morgan fingerprint density at radius 3 is 2.56 bits per heavy atom. The fourth-order valence-electron chi connectivity index (χ4n) is 1.34. The van der Waals surface area contributed by atoms with Crippen molar-refractivity contribution in [1.29, 1.82) is 0 Å². The topological polar surface area (TPSA) is 49.3 Å². The molecular formula is C11H13BrClNO2. The molecule has 0 amide bonds. The van der Waals surface area contributed by atoms with Gasteiger partial charge in [-0.25, -0.2) is 0 Å². The van der Waals surface area contributed by atoms with Crippen LogP contribution < -0.4 is 5.32 Å². The van der Waals surface area contributed by atoms with Crippen molar-refractivity contribution in [2.45, 2.75) is 25.9 Å². The Morgan fingerprint density at radius 2 is 2.12 bits per heavy atom. The van der Waals surface area contributed by atoms with Crippen LogP contribution in [-0.2, 0) is 4.79 Å². The molecule has 0 saturated heterocycles. The van der Waals surface area contributed by atoms with Crippen molar-refractivity contribution in [1.82, 2.24) is 5.32 Å². The first-order valence-corrected chi connectivity index (χ1v) is 6.02. The Morgan fingerprint density at radius 1 is 1.50 bits per heavy atom. The van der Waals surface area contributed by atoms with Gasteiger partial charge in [-0.3, -0.25) is 10.1 Å². The monoisotopic (exact) mass is 305 g/mol. The van der Waals surface area contributed by atoms with Crippen LogP contribution in [0.5, 0.6) is 0 Å². The molecule has 0 radical (unpaired) electrons. The van der Waals surface area contributed by atoms with E-state index in [4.69, 9.17) is 16.7 Å². The number of hydrogen-bond acceptors (Lipinski definition) is 2. The summed E-state index contributed by atoms with van der Waals surface area (Å²) in [4.78, 5) is 11.1. The lowest BCUT2D eigenvalue weighted by molar-refractivity contribution is -0.139. The highest BCUT2D eigenvalue weighted by molar-refractivity contribution is 9.10. The fraction of sp³-hybridized carbons (Fsp3) is 0.364. The highest BCUT2D eigenvalue weighted by Gasteiger charge is 2.20. The Labute approximate surface area is 108 Å². The lowest BCUT2D eigenvalue weighted by atomic mass is 10.1. The second-order valence-electron chi connectivity index (χ2n) is 3.77. The van der Waals surface area contributed by atoms with Gasteiger partial charge in [-0.05, 0) is 47.5 Å². The first-order valence-electron chi connectivity index (χ1n) is 4.85. The maximum Gasteiger partial charge on any atom is 0.325 e. The number of halogens is 2. The summed E-state index contributed by atoms with van der Waals surface area (Å²) >= 11 is 9.13. The fourth-order valence-corrected chi connectivity index (χ4v) is 1.85. The van der Waals surface area contributed by atoms with Crippen LogP contribution in [0.25, 0.3) is 0 Å². The highest BCUT2D eigenvalue weighted by atomic mass is 79.9. The molecule has 0 spiro atoms. The van der Waals surface area contributed by atoms with Crippen LogP contribution >= 0.6 is 27.5 Å². The zero-order chi connectivity index (χ0) is 12.3. The molecule has 3 nitrogen and oxygen atoms in total. The predicted molar refractivity (Wildman–Crippen MR) is 67.8 cm³/mol. The molecule has 1 rings (SSSR count). The lowest BCUT2D eigenvalue weighted by Gasteiger charge is -2.18. The van der Waals surface area contributed by atoms with Gasteiger partial charge in [-0.15, -0.1) is 0 Å². The van der Waals surface area contributed by atoms with Crippen LogP contribution in [0.15, 0.2) is 22.7 Å². The van der Waals surface area contributed by atoms with Crippen molar-refractivity contribution >= 4 is 33.5 Å². The van der Waals surface area contributed by atoms with Gasteiger partial charge in [0.1, 0.15) is 6.04 Å². The molecule has 1 aromatic carbocycles. The van der Waals surface area contributed by atoms with Crippen molar-refractivity contribution in [3.63, 3.8) is 0 Å². The van der Waals surface area contributed by atoms with Crippen molar-refractivity contribution in [2.24, 2.45) is 0 Å². The van der Waals surface area contributed by atoms with E-state index in [2.05, 4.69) is 21.2 Å². The van der Waals surface area contributed by atoms with Gasteiger partial charge in [0.2, 0.25) is 0 Å². The van der Waals surface area contributed by atoms with E-state index in [1.54, 1.807) is 18.2 Å². The van der Waals surface area contributed by atoms with Crippen molar-refractivity contribution in [3.8, 4) is 0 Å². The van der Waals surface area contributed by atoms with Gasteiger partial charge >= 0.3 is 5.97 Å². The summed E-state index contributed by atoms with van der Waals surface area (Å²) in [5.74, 6) is -0.900. The Kier molecular flexibility index (Phi) is 4.77. The third-order valence-electron chi connectivity index (χ3n) is 2.02. The van der Waals surface area contributed by atoms with Gasteiger partial charge in [0.15, 0.2) is 0 Å². The average molecular weight is 307 g/mol. The zero-order valence-corrected chi connectivity index (χ0v) is 11.3. The lowest BCUT2D eigenvalue weighted by Crippen LogP contribution is -2.33. The molecule has 0 aliphatic carbocycles. The van der Waals surface area contributed by atoms with Crippen LogP contribution in [0.2, 0.25) is 5.02 Å². The SMILES string of the molecule is CC(C)NC(C(=O)O)c1ccc(Cl)c(Br)c1. The van der Waals surface area contributed by atoms with Gasteiger partial charge in [0, 0.05) is 10.5 Å². The standard InChI is InChI=1S/C11H13BrClNO2/c1-6(2)14-10(11(15)16)7-3-4-9(13)8(12)5-7/h3-6,10,14H,1-2H3,(H,15,16). The minimum absolute atomic E-state index is 0.0931. The number of nitrogens with one attached hydrogen (secondary N) is 1. The average Bonchev–Trinajstić information content (AvgIpc) is 2.18. The zero-order valence-electron chi connectivity index (χ0n) is 9.00. The third kappa shape index (κ3) is 3.47. The first kappa shape index (κ1) is 13.5. The smallest absolute Gasteiger partial charge is 0.325 e. The normalized spacial score (nSPS) is 12.8. The van der Waals surface area contributed by atoms with Gasteiger partial charge in [-0.2, -0.15) is 0 Å². The molecule has 0 heterocycles. The van der Waals surface area contributed by atoms with Crippen molar-refractivity contribution in [2.75, 3.05) is 0 Å². The van der Waals surface area contributed by atoms with E-state index in [0.717, 1.165) is 0 Å². The van der Waals surface area contributed by atoms with E-state index in [-0.39, 0.29) is 6.04 Å². The molecule has 0 saturated carbocycles. The minimum atomic E-state index is -0.900. The molecule has 0 bridgehead atoms. The quantitative estimate of drug-likeness (QED) is 0.898. The third-order valence-corrected chi connectivity index (χ3v) is 3.24. The first-order chi connectivity index (χ1) is 7.41. The predicted octanol–water partition coefficient (Wildman–Crippen LogP) is 3.23. The van der Waals surface area contributed by atoms with Gasteiger partial charge in [-0.1, -0.05) is 17.7 Å². The molecule has 1 aromatic rings. The van der Waals surface area contributed by atoms with E-state index in [0.29, 0.717) is 15.1 Å². The summed E-state index contributed by atoms with van der Waals surface area (Å²) in [5.41, 5.74) is 0.678. The van der Waals surface area contributed by atoms with Crippen LogP contribution in [-0.4, -0.2) is 17.1 Å². The molecule has 5 heteroatoms. The second-order valence-corrected chi connectivity index (χ2v) is 5.03. The number of aliphatic carboxylic acids is 1. The molecule has 2 N–H and O–H groups in total. The number of benzene rings is 1. The maximum absolute atomic E-state index is 11.1. The van der Waals surface area contributed by atoms with E-state index in [1.807, 2.05) is 13.8 Å².